The first-order chi connectivity index (χ1) is 12.6. The maximum atomic E-state index is 12.7. The molecule has 0 radical (unpaired) electrons. The number of rotatable bonds is 5. The van der Waals surface area contributed by atoms with Crippen molar-refractivity contribution >= 4 is 5.91 Å². The van der Waals surface area contributed by atoms with Crippen LogP contribution in [0.4, 0.5) is 0 Å². The van der Waals surface area contributed by atoms with E-state index in [4.69, 9.17) is 0 Å². The predicted molar refractivity (Wildman–Crippen MR) is 99.8 cm³/mol. The van der Waals surface area contributed by atoms with Crippen LogP contribution in [0.5, 0.6) is 0 Å². The van der Waals surface area contributed by atoms with Crippen molar-refractivity contribution in [1.82, 2.24) is 14.7 Å². The third-order valence-corrected chi connectivity index (χ3v) is 5.62. The maximum Gasteiger partial charge on any atom is 0.244 e. The molecule has 2 atom stereocenters. The molecule has 1 saturated heterocycles. The first kappa shape index (κ1) is 17.3. The lowest BCUT2D eigenvalue weighted by Gasteiger charge is -2.36. The van der Waals surface area contributed by atoms with Gasteiger partial charge in [0.15, 0.2) is 0 Å². The van der Waals surface area contributed by atoms with Gasteiger partial charge in [-0.1, -0.05) is 29.8 Å². The molecule has 2 aromatic rings. The summed E-state index contributed by atoms with van der Waals surface area (Å²) in [5.74, 6) is 0.793. The van der Waals surface area contributed by atoms with Crippen LogP contribution in [0.2, 0.25) is 0 Å². The lowest BCUT2D eigenvalue weighted by Crippen LogP contribution is -2.47. The van der Waals surface area contributed by atoms with Gasteiger partial charge in [0, 0.05) is 31.1 Å². The molecule has 1 aliphatic carbocycles. The van der Waals surface area contributed by atoms with Crippen molar-refractivity contribution in [3.8, 4) is 0 Å². The molecule has 2 aliphatic rings. The van der Waals surface area contributed by atoms with E-state index in [2.05, 4.69) is 36.3 Å². The summed E-state index contributed by atoms with van der Waals surface area (Å²) in [6.45, 7) is 3.61. The van der Waals surface area contributed by atoms with Gasteiger partial charge in [0.25, 0.3) is 0 Å². The Labute approximate surface area is 154 Å². The number of piperidine rings is 1. The number of amides is 1. The average molecular weight is 353 g/mol. The van der Waals surface area contributed by atoms with Gasteiger partial charge in [0.05, 0.1) is 11.8 Å². The van der Waals surface area contributed by atoms with Crippen LogP contribution in [-0.4, -0.2) is 44.9 Å². The van der Waals surface area contributed by atoms with Gasteiger partial charge in [0.1, 0.15) is 6.54 Å². The van der Waals surface area contributed by atoms with Crippen LogP contribution in [0, 0.1) is 12.8 Å². The molecule has 4 rings (SSSR count). The van der Waals surface area contributed by atoms with E-state index in [0.717, 1.165) is 12.1 Å². The van der Waals surface area contributed by atoms with Gasteiger partial charge in [-0.3, -0.25) is 9.48 Å². The zero-order chi connectivity index (χ0) is 18.1. The summed E-state index contributed by atoms with van der Waals surface area (Å²) in [5.41, 5.74) is 3.57. The fraction of sp³-hybridized carbons (Fsp3) is 0.524. The van der Waals surface area contributed by atoms with Crippen molar-refractivity contribution in [3.05, 3.63) is 53.3 Å². The molecule has 0 spiro atoms. The Morgan fingerprint density at radius 3 is 2.69 bits per heavy atom. The van der Waals surface area contributed by atoms with Crippen molar-refractivity contribution in [1.29, 1.82) is 0 Å². The van der Waals surface area contributed by atoms with Crippen LogP contribution >= 0.6 is 0 Å². The normalized spacial score (nSPS) is 23.2. The van der Waals surface area contributed by atoms with Crippen LogP contribution in [0.1, 0.15) is 42.0 Å². The Morgan fingerprint density at radius 2 is 1.96 bits per heavy atom. The Morgan fingerprint density at radius 1 is 1.19 bits per heavy atom. The van der Waals surface area contributed by atoms with Crippen molar-refractivity contribution in [2.75, 3.05) is 13.1 Å². The standard InChI is InChI=1S/C21H27N3O2/c1-15-2-4-16(5-3-15)12-18-13-23(10-9-20(18)25)21(26)14-24-11-8-19(22-24)17-6-7-17/h2-5,8,11,17-18,20,25H,6-7,9-10,12-14H2,1H3/t18-,20+/m1/s1. The van der Waals surface area contributed by atoms with E-state index in [1.54, 1.807) is 4.68 Å². The van der Waals surface area contributed by atoms with E-state index in [9.17, 15) is 9.90 Å². The van der Waals surface area contributed by atoms with Crippen LogP contribution in [0.15, 0.2) is 36.5 Å². The number of aryl methyl sites for hydroxylation is 1. The highest BCUT2D eigenvalue weighted by atomic mass is 16.3. The molecule has 2 fully saturated rings. The summed E-state index contributed by atoms with van der Waals surface area (Å²) in [5, 5.41) is 14.9. The third-order valence-electron chi connectivity index (χ3n) is 5.62. The molecule has 138 valence electrons. The van der Waals surface area contributed by atoms with E-state index in [1.165, 1.54) is 24.0 Å². The lowest BCUT2D eigenvalue weighted by atomic mass is 9.88. The molecule has 5 nitrogen and oxygen atoms in total. The molecule has 0 unspecified atom stereocenters. The van der Waals surface area contributed by atoms with Crippen LogP contribution < -0.4 is 0 Å². The fourth-order valence-electron chi connectivity index (χ4n) is 3.77. The monoisotopic (exact) mass is 353 g/mol. The zero-order valence-corrected chi connectivity index (χ0v) is 15.3. The van der Waals surface area contributed by atoms with Gasteiger partial charge < -0.3 is 10.0 Å². The number of benzene rings is 1. The summed E-state index contributed by atoms with van der Waals surface area (Å²) in [6, 6.07) is 10.5. The molecule has 2 heterocycles. The third kappa shape index (κ3) is 3.98. The highest BCUT2D eigenvalue weighted by Crippen LogP contribution is 2.38. The molecule has 1 amide bonds. The minimum atomic E-state index is -0.341. The highest BCUT2D eigenvalue weighted by molar-refractivity contribution is 5.76. The highest BCUT2D eigenvalue weighted by Gasteiger charge is 2.31. The van der Waals surface area contributed by atoms with E-state index in [-0.39, 0.29) is 17.9 Å². The number of aliphatic hydroxyl groups is 1. The smallest absolute Gasteiger partial charge is 0.244 e. The summed E-state index contributed by atoms with van der Waals surface area (Å²) >= 11 is 0. The van der Waals surface area contributed by atoms with E-state index in [0.29, 0.717) is 32.0 Å². The maximum absolute atomic E-state index is 12.7. The largest absolute Gasteiger partial charge is 0.393 e. The van der Waals surface area contributed by atoms with E-state index in [1.807, 2.05) is 17.2 Å². The quantitative estimate of drug-likeness (QED) is 0.899. The molecule has 26 heavy (non-hydrogen) atoms. The SMILES string of the molecule is Cc1ccc(C[C@@H]2CN(C(=O)Cn3ccc(C4CC4)n3)CC[C@@H]2O)cc1. The van der Waals surface area contributed by atoms with Gasteiger partial charge in [-0.2, -0.15) is 5.10 Å². The number of likely N-dealkylation sites (tertiary alicyclic amines) is 1. The lowest BCUT2D eigenvalue weighted by molar-refractivity contribution is -0.135. The summed E-state index contributed by atoms with van der Waals surface area (Å²) in [6.07, 6.45) is 5.46. The zero-order valence-electron chi connectivity index (χ0n) is 15.3. The van der Waals surface area contributed by atoms with Gasteiger partial charge in [-0.25, -0.2) is 0 Å². The fourth-order valence-corrected chi connectivity index (χ4v) is 3.77. The first-order valence-corrected chi connectivity index (χ1v) is 9.63. The molecule has 1 aliphatic heterocycles. The minimum absolute atomic E-state index is 0.0926. The Kier molecular flexibility index (Phi) is 4.81. The first-order valence-electron chi connectivity index (χ1n) is 9.63. The second-order valence-corrected chi connectivity index (χ2v) is 7.86. The number of carbonyl (C=O) groups excluding carboxylic acids is 1. The number of nitrogens with zero attached hydrogens (tertiary/aromatic N) is 3. The van der Waals surface area contributed by atoms with Crippen LogP contribution in [-0.2, 0) is 17.8 Å². The molecule has 0 bridgehead atoms. The number of aliphatic hydroxyl groups excluding tert-OH is 1. The Hall–Kier alpha value is -2.14. The van der Waals surface area contributed by atoms with Crippen molar-refractivity contribution < 1.29 is 9.90 Å². The van der Waals surface area contributed by atoms with Gasteiger partial charge in [-0.15, -0.1) is 0 Å². The number of hydrogen-bond acceptors (Lipinski definition) is 3. The van der Waals surface area contributed by atoms with Gasteiger partial charge >= 0.3 is 0 Å². The molecular formula is C21H27N3O2. The minimum Gasteiger partial charge on any atom is -0.393 e. The van der Waals surface area contributed by atoms with Gasteiger partial charge in [0.2, 0.25) is 5.91 Å². The number of aromatic nitrogens is 2. The van der Waals surface area contributed by atoms with E-state index < -0.39 is 0 Å². The van der Waals surface area contributed by atoms with Crippen molar-refractivity contribution in [3.63, 3.8) is 0 Å². The average Bonchev–Trinajstić information content (AvgIpc) is 3.38. The van der Waals surface area contributed by atoms with Crippen molar-refractivity contribution in [2.24, 2.45) is 5.92 Å². The topological polar surface area (TPSA) is 58.4 Å². The molecule has 1 aromatic heterocycles. The number of carbonyl (C=O) groups is 1. The predicted octanol–water partition coefficient (Wildman–Crippen LogP) is 2.52. The Balaban J connectivity index is 1.36. The van der Waals surface area contributed by atoms with Crippen LogP contribution in [0.3, 0.4) is 0 Å². The second-order valence-electron chi connectivity index (χ2n) is 7.86. The molecule has 1 N–H and O–H groups in total. The second kappa shape index (κ2) is 7.23. The Bertz CT molecular complexity index is 764. The molecule has 1 aromatic carbocycles. The van der Waals surface area contributed by atoms with E-state index >= 15 is 0 Å². The molecule has 5 heteroatoms. The summed E-state index contributed by atoms with van der Waals surface area (Å²) in [4.78, 5) is 14.6. The van der Waals surface area contributed by atoms with Crippen LogP contribution in [0.25, 0.3) is 0 Å². The van der Waals surface area contributed by atoms with Gasteiger partial charge in [-0.05, 0) is 44.2 Å². The summed E-state index contributed by atoms with van der Waals surface area (Å²) in [7, 11) is 0. The molecular weight excluding hydrogens is 326 g/mol. The number of hydrogen-bond donors (Lipinski definition) is 1. The summed E-state index contributed by atoms with van der Waals surface area (Å²) < 4.78 is 1.76. The van der Waals surface area contributed by atoms with Crippen molar-refractivity contribution in [2.45, 2.75) is 51.2 Å². The molecule has 1 saturated carbocycles.